The average molecular weight is 284 g/mol. The molecule has 4 nitrogen and oxygen atoms in total. The minimum Gasteiger partial charge on any atom is -0.296 e. The molecule has 4 heteroatoms. The number of carbonyl (C=O) groups excluding carboxylic acids is 2. The Hall–Kier alpha value is -1.68. The summed E-state index contributed by atoms with van der Waals surface area (Å²) in [6.45, 7) is 1.64. The summed E-state index contributed by atoms with van der Waals surface area (Å²) in [4.78, 5) is 26.1. The number of carbonyl (C=O) groups is 2. The van der Waals surface area contributed by atoms with E-state index >= 15 is 0 Å². The van der Waals surface area contributed by atoms with Crippen molar-refractivity contribution >= 4 is 11.8 Å². The lowest BCUT2D eigenvalue weighted by Crippen LogP contribution is -2.36. The number of likely N-dealkylation sites (tertiary alicyclic amines) is 1. The van der Waals surface area contributed by atoms with E-state index in [1.54, 1.807) is 0 Å². The fourth-order valence-electron chi connectivity index (χ4n) is 4.30. The van der Waals surface area contributed by atoms with Crippen LogP contribution in [-0.2, 0) is 16.0 Å². The zero-order chi connectivity index (χ0) is 14.4. The van der Waals surface area contributed by atoms with Crippen LogP contribution >= 0.6 is 0 Å². The van der Waals surface area contributed by atoms with Crippen LogP contribution in [0.3, 0.4) is 0 Å². The van der Waals surface area contributed by atoms with Crippen LogP contribution in [0.1, 0.15) is 42.9 Å². The molecule has 4 rings (SSSR count). The van der Waals surface area contributed by atoms with E-state index in [-0.39, 0.29) is 11.8 Å². The van der Waals surface area contributed by atoms with Gasteiger partial charge in [-0.2, -0.15) is 0 Å². The number of nitrogens with zero attached hydrogens (tertiary/aromatic N) is 1. The largest absolute Gasteiger partial charge is 0.296 e. The topological polar surface area (TPSA) is 49.4 Å². The molecule has 2 heterocycles. The molecule has 2 saturated heterocycles. The van der Waals surface area contributed by atoms with Crippen LogP contribution in [0.25, 0.3) is 0 Å². The second kappa shape index (κ2) is 4.67. The first-order chi connectivity index (χ1) is 10.2. The molecule has 2 atom stereocenters. The van der Waals surface area contributed by atoms with Crippen molar-refractivity contribution in [2.75, 3.05) is 13.1 Å². The number of fused-ring (bicyclic) bond motifs is 1. The van der Waals surface area contributed by atoms with Crippen molar-refractivity contribution in [1.82, 2.24) is 10.2 Å². The highest BCUT2D eigenvalue weighted by atomic mass is 16.2. The molecule has 1 spiro atoms. The number of rotatable bonds is 1. The molecule has 0 radical (unpaired) electrons. The highest BCUT2D eigenvalue weighted by Crippen LogP contribution is 2.43. The lowest BCUT2D eigenvalue weighted by molar-refractivity contribution is -0.128. The standard InChI is InChI=1S/C17H20N2O2/c20-15-10-17(16(21)18-15)8-9-19(11-17)14-7-3-5-12-4-1-2-6-13(12)14/h1-2,4,6,14H,3,5,7-11H2,(H,18,20,21). The number of amides is 2. The molecule has 3 aliphatic rings. The normalized spacial score (nSPS) is 32.5. The Morgan fingerprint density at radius 3 is 2.90 bits per heavy atom. The van der Waals surface area contributed by atoms with Crippen molar-refractivity contribution in [3.8, 4) is 0 Å². The second-order valence-corrected chi connectivity index (χ2v) is 6.66. The highest BCUT2D eigenvalue weighted by Gasteiger charge is 2.52. The van der Waals surface area contributed by atoms with Crippen molar-refractivity contribution < 1.29 is 9.59 Å². The minimum atomic E-state index is -0.455. The molecule has 0 aromatic heterocycles. The summed E-state index contributed by atoms with van der Waals surface area (Å²) in [7, 11) is 0. The van der Waals surface area contributed by atoms with Gasteiger partial charge in [0.1, 0.15) is 0 Å². The first-order valence-corrected chi connectivity index (χ1v) is 7.84. The first-order valence-electron chi connectivity index (χ1n) is 7.84. The Kier molecular flexibility index (Phi) is 2.89. The van der Waals surface area contributed by atoms with Gasteiger partial charge in [-0.3, -0.25) is 19.8 Å². The van der Waals surface area contributed by atoms with E-state index in [0.29, 0.717) is 12.5 Å². The van der Waals surface area contributed by atoms with E-state index in [4.69, 9.17) is 0 Å². The van der Waals surface area contributed by atoms with Gasteiger partial charge in [-0.15, -0.1) is 0 Å². The Balaban J connectivity index is 1.60. The number of hydrogen-bond acceptors (Lipinski definition) is 3. The zero-order valence-corrected chi connectivity index (χ0v) is 12.1. The maximum Gasteiger partial charge on any atom is 0.234 e. The van der Waals surface area contributed by atoms with E-state index in [9.17, 15) is 9.59 Å². The molecule has 0 bridgehead atoms. The summed E-state index contributed by atoms with van der Waals surface area (Å²) >= 11 is 0. The zero-order valence-electron chi connectivity index (χ0n) is 12.1. The van der Waals surface area contributed by atoms with Crippen LogP contribution in [0.15, 0.2) is 24.3 Å². The summed E-state index contributed by atoms with van der Waals surface area (Å²) in [6.07, 6.45) is 4.70. The van der Waals surface area contributed by atoms with Crippen LogP contribution in [0.4, 0.5) is 0 Å². The van der Waals surface area contributed by atoms with E-state index in [2.05, 4.69) is 34.5 Å². The second-order valence-electron chi connectivity index (χ2n) is 6.66. The van der Waals surface area contributed by atoms with E-state index in [1.165, 1.54) is 17.5 Å². The smallest absolute Gasteiger partial charge is 0.234 e. The van der Waals surface area contributed by atoms with Crippen LogP contribution < -0.4 is 5.32 Å². The van der Waals surface area contributed by atoms with Gasteiger partial charge in [-0.1, -0.05) is 24.3 Å². The number of nitrogens with one attached hydrogen (secondary N) is 1. The molecule has 2 amide bonds. The van der Waals surface area contributed by atoms with Crippen molar-refractivity contribution in [1.29, 1.82) is 0 Å². The lowest BCUT2D eigenvalue weighted by Gasteiger charge is -2.34. The minimum absolute atomic E-state index is 0.0564. The molecule has 2 unspecified atom stereocenters. The molecule has 2 fully saturated rings. The molecular weight excluding hydrogens is 264 g/mol. The Bertz CT molecular complexity index is 613. The van der Waals surface area contributed by atoms with Crippen LogP contribution in [0, 0.1) is 5.41 Å². The van der Waals surface area contributed by atoms with Gasteiger partial charge in [-0.25, -0.2) is 0 Å². The predicted molar refractivity (Wildman–Crippen MR) is 78.5 cm³/mol. The maximum absolute atomic E-state index is 12.1. The van der Waals surface area contributed by atoms with E-state index < -0.39 is 5.41 Å². The van der Waals surface area contributed by atoms with Gasteiger partial charge < -0.3 is 0 Å². The van der Waals surface area contributed by atoms with Gasteiger partial charge in [0.05, 0.1) is 5.41 Å². The van der Waals surface area contributed by atoms with E-state index in [0.717, 1.165) is 32.4 Å². The molecule has 1 N–H and O–H groups in total. The third-order valence-electron chi connectivity index (χ3n) is 5.40. The van der Waals surface area contributed by atoms with Gasteiger partial charge in [0.2, 0.25) is 11.8 Å². The maximum atomic E-state index is 12.1. The van der Waals surface area contributed by atoms with Gasteiger partial charge in [0, 0.05) is 19.0 Å². The molecule has 1 aromatic rings. The average Bonchev–Trinajstić information content (AvgIpc) is 3.03. The molecule has 1 aliphatic carbocycles. The fourth-order valence-corrected chi connectivity index (χ4v) is 4.30. The van der Waals surface area contributed by atoms with Crippen molar-refractivity contribution in [3.63, 3.8) is 0 Å². The van der Waals surface area contributed by atoms with Crippen LogP contribution in [0.2, 0.25) is 0 Å². The van der Waals surface area contributed by atoms with Gasteiger partial charge >= 0.3 is 0 Å². The monoisotopic (exact) mass is 284 g/mol. The predicted octanol–water partition coefficient (Wildman–Crippen LogP) is 1.80. The van der Waals surface area contributed by atoms with Crippen molar-refractivity contribution in [3.05, 3.63) is 35.4 Å². The van der Waals surface area contributed by atoms with Crippen LogP contribution in [0.5, 0.6) is 0 Å². The summed E-state index contributed by atoms with van der Waals surface area (Å²) in [5, 5.41) is 2.49. The first kappa shape index (κ1) is 13.0. The Labute approximate surface area is 124 Å². The number of benzene rings is 1. The summed E-state index contributed by atoms with van der Waals surface area (Å²) in [6, 6.07) is 9.08. The van der Waals surface area contributed by atoms with Gasteiger partial charge in [0.25, 0.3) is 0 Å². The van der Waals surface area contributed by atoms with Crippen molar-refractivity contribution in [2.45, 2.75) is 38.1 Å². The van der Waals surface area contributed by atoms with Crippen LogP contribution in [-0.4, -0.2) is 29.8 Å². The Morgan fingerprint density at radius 2 is 2.10 bits per heavy atom. The van der Waals surface area contributed by atoms with Gasteiger partial charge in [-0.05, 0) is 43.4 Å². The molecule has 110 valence electrons. The van der Waals surface area contributed by atoms with E-state index in [1.807, 2.05) is 0 Å². The molecular formula is C17H20N2O2. The number of aryl methyl sites for hydroxylation is 1. The molecule has 0 saturated carbocycles. The molecule has 21 heavy (non-hydrogen) atoms. The third-order valence-corrected chi connectivity index (χ3v) is 5.40. The number of hydrogen-bond donors (Lipinski definition) is 1. The number of imide groups is 1. The summed E-state index contributed by atoms with van der Waals surface area (Å²) in [5.41, 5.74) is 2.41. The lowest BCUT2D eigenvalue weighted by atomic mass is 9.84. The SMILES string of the molecule is O=C1CC2(CCN(C3CCCc4ccccc43)C2)C(=O)N1. The highest BCUT2D eigenvalue weighted by molar-refractivity contribution is 6.06. The molecule has 1 aromatic carbocycles. The summed E-state index contributed by atoms with van der Waals surface area (Å²) in [5.74, 6) is -0.162. The summed E-state index contributed by atoms with van der Waals surface area (Å²) < 4.78 is 0. The Morgan fingerprint density at radius 1 is 1.24 bits per heavy atom. The fraction of sp³-hybridized carbons (Fsp3) is 0.529. The third kappa shape index (κ3) is 2.01. The van der Waals surface area contributed by atoms with Crippen molar-refractivity contribution in [2.24, 2.45) is 5.41 Å². The quantitative estimate of drug-likeness (QED) is 0.800. The van der Waals surface area contributed by atoms with Gasteiger partial charge in [0.15, 0.2) is 0 Å². The molecule has 2 aliphatic heterocycles.